The quantitative estimate of drug-likeness (QED) is 0.558. The first-order valence-corrected chi connectivity index (χ1v) is 9.74. The highest BCUT2D eigenvalue weighted by Gasteiger charge is 2.18. The van der Waals surface area contributed by atoms with Gasteiger partial charge in [0.2, 0.25) is 0 Å². The van der Waals surface area contributed by atoms with Crippen LogP contribution in [0.2, 0.25) is 0 Å². The molecule has 4 rings (SSSR count). The Morgan fingerprint density at radius 2 is 1.92 bits per heavy atom. The number of thiophene rings is 2. The van der Waals surface area contributed by atoms with E-state index in [-0.39, 0.29) is 18.5 Å². The Morgan fingerprint density at radius 1 is 1.12 bits per heavy atom. The van der Waals surface area contributed by atoms with E-state index in [1.165, 1.54) is 15.9 Å². The van der Waals surface area contributed by atoms with Gasteiger partial charge in [-0.05, 0) is 11.4 Å². The molecule has 0 saturated heterocycles. The largest absolute Gasteiger partial charge is 0.481 e. The van der Waals surface area contributed by atoms with Crippen LogP contribution in [0.3, 0.4) is 0 Å². The molecule has 0 aliphatic rings. The standard InChI is InChI=1S/C19H14N2O3S2/c22-15(23)8-9-21-17(12-5-2-1-3-6-12)20-18-16(19(21)24)13(11-26-18)14-7-4-10-25-14/h1-7,10-11H,8-9H2,(H,22,23). The normalized spacial score (nSPS) is 11.1. The second-order valence-electron chi connectivity index (χ2n) is 5.71. The van der Waals surface area contributed by atoms with E-state index in [9.17, 15) is 9.59 Å². The maximum Gasteiger partial charge on any atom is 0.305 e. The molecule has 0 bridgehead atoms. The SMILES string of the molecule is O=C(O)CCn1c(-c2ccccc2)nc2scc(-c3cccs3)c2c1=O. The number of rotatable bonds is 5. The van der Waals surface area contributed by atoms with E-state index in [1.807, 2.05) is 53.2 Å². The molecule has 7 heteroatoms. The third-order valence-corrected chi connectivity index (χ3v) is 5.84. The molecule has 0 aliphatic carbocycles. The fraction of sp³-hybridized carbons (Fsp3) is 0.105. The minimum Gasteiger partial charge on any atom is -0.481 e. The number of nitrogens with zero attached hydrogens (tertiary/aromatic N) is 2. The number of carboxylic acid groups (broad SMARTS) is 1. The van der Waals surface area contributed by atoms with Crippen LogP contribution in [0.4, 0.5) is 0 Å². The van der Waals surface area contributed by atoms with Crippen LogP contribution in [0.5, 0.6) is 0 Å². The molecule has 1 aromatic carbocycles. The second-order valence-corrected chi connectivity index (χ2v) is 7.51. The average Bonchev–Trinajstić information content (AvgIpc) is 3.30. The van der Waals surface area contributed by atoms with Crippen molar-refractivity contribution in [3.05, 3.63) is 63.6 Å². The zero-order valence-electron chi connectivity index (χ0n) is 13.6. The van der Waals surface area contributed by atoms with Gasteiger partial charge in [-0.25, -0.2) is 4.98 Å². The van der Waals surface area contributed by atoms with E-state index in [0.717, 1.165) is 16.0 Å². The molecule has 0 saturated carbocycles. The Labute approximate surface area is 156 Å². The number of hydrogen-bond acceptors (Lipinski definition) is 5. The van der Waals surface area contributed by atoms with Gasteiger partial charge < -0.3 is 5.11 Å². The van der Waals surface area contributed by atoms with Gasteiger partial charge in [-0.1, -0.05) is 36.4 Å². The molecule has 0 unspecified atom stereocenters. The van der Waals surface area contributed by atoms with Crippen molar-refractivity contribution in [2.24, 2.45) is 0 Å². The predicted molar refractivity (Wildman–Crippen MR) is 105 cm³/mol. The molecule has 4 aromatic rings. The lowest BCUT2D eigenvalue weighted by atomic mass is 10.1. The minimum absolute atomic E-state index is 0.0844. The topological polar surface area (TPSA) is 72.2 Å². The summed E-state index contributed by atoms with van der Waals surface area (Å²) in [6, 6.07) is 13.3. The fourth-order valence-corrected chi connectivity index (χ4v) is 4.61. The van der Waals surface area contributed by atoms with Crippen LogP contribution in [0, 0.1) is 0 Å². The molecule has 0 atom stereocenters. The molecule has 0 fully saturated rings. The summed E-state index contributed by atoms with van der Waals surface area (Å²) in [7, 11) is 0. The van der Waals surface area contributed by atoms with Gasteiger partial charge in [-0.15, -0.1) is 22.7 Å². The third-order valence-electron chi connectivity index (χ3n) is 4.06. The molecule has 26 heavy (non-hydrogen) atoms. The lowest BCUT2D eigenvalue weighted by Gasteiger charge is -2.12. The van der Waals surface area contributed by atoms with E-state index in [1.54, 1.807) is 11.3 Å². The zero-order chi connectivity index (χ0) is 18.1. The van der Waals surface area contributed by atoms with Gasteiger partial charge >= 0.3 is 5.97 Å². The molecule has 0 aliphatic heterocycles. The van der Waals surface area contributed by atoms with Crippen LogP contribution in [-0.4, -0.2) is 20.6 Å². The summed E-state index contributed by atoms with van der Waals surface area (Å²) in [6.45, 7) is 0.0844. The Bertz CT molecular complexity index is 1130. The summed E-state index contributed by atoms with van der Waals surface area (Å²) in [5.74, 6) is -0.441. The van der Waals surface area contributed by atoms with Gasteiger partial charge in [0, 0.05) is 27.9 Å². The molecule has 1 N–H and O–H groups in total. The zero-order valence-corrected chi connectivity index (χ0v) is 15.2. The van der Waals surface area contributed by atoms with Crippen molar-refractivity contribution >= 4 is 38.9 Å². The van der Waals surface area contributed by atoms with Crippen LogP contribution in [0.1, 0.15) is 6.42 Å². The van der Waals surface area contributed by atoms with Crippen LogP contribution in [0.15, 0.2) is 58.0 Å². The van der Waals surface area contributed by atoms with E-state index in [4.69, 9.17) is 10.1 Å². The predicted octanol–water partition coefficient (Wildman–Crippen LogP) is 4.33. The average molecular weight is 382 g/mol. The number of aliphatic carboxylic acids is 1. The molecule has 0 radical (unpaired) electrons. The van der Waals surface area contributed by atoms with Crippen molar-refractivity contribution in [2.75, 3.05) is 0 Å². The van der Waals surface area contributed by atoms with Crippen molar-refractivity contribution in [3.63, 3.8) is 0 Å². The second kappa shape index (κ2) is 6.86. The molecule has 3 heterocycles. The first-order chi connectivity index (χ1) is 12.6. The van der Waals surface area contributed by atoms with Crippen LogP contribution >= 0.6 is 22.7 Å². The van der Waals surface area contributed by atoms with Crippen molar-refractivity contribution in [2.45, 2.75) is 13.0 Å². The van der Waals surface area contributed by atoms with Crippen molar-refractivity contribution in [1.82, 2.24) is 9.55 Å². The lowest BCUT2D eigenvalue weighted by molar-refractivity contribution is -0.137. The van der Waals surface area contributed by atoms with Crippen molar-refractivity contribution in [3.8, 4) is 21.8 Å². The molecule has 130 valence electrons. The minimum atomic E-state index is -0.945. The van der Waals surface area contributed by atoms with Crippen LogP contribution in [0.25, 0.3) is 32.0 Å². The number of aromatic nitrogens is 2. The monoisotopic (exact) mass is 382 g/mol. The molecule has 5 nitrogen and oxygen atoms in total. The number of carbonyl (C=O) groups is 1. The van der Waals surface area contributed by atoms with Crippen molar-refractivity contribution in [1.29, 1.82) is 0 Å². The van der Waals surface area contributed by atoms with Gasteiger partial charge in [0.25, 0.3) is 5.56 Å². The highest BCUT2D eigenvalue weighted by atomic mass is 32.1. The number of carboxylic acids is 1. The number of benzene rings is 1. The molecular weight excluding hydrogens is 368 g/mol. The molecule has 0 spiro atoms. The van der Waals surface area contributed by atoms with Gasteiger partial charge in [-0.3, -0.25) is 14.2 Å². The maximum absolute atomic E-state index is 13.3. The third kappa shape index (κ3) is 2.95. The van der Waals surface area contributed by atoms with Crippen LogP contribution < -0.4 is 5.56 Å². The summed E-state index contributed by atoms with van der Waals surface area (Å²) < 4.78 is 1.48. The van der Waals surface area contributed by atoms with E-state index in [0.29, 0.717) is 16.0 Å². The highest BCUT2D eigenvalue weighted by molar-refractivity contribution is 7.18. The van der Waals surface area contributed by atoms with E-state index >= 15 is 0 Å². The first kappa shape index (κ1) is 16.7. The molecule has 3 aromatic heterocycles. The Kier molecular flexibility index (Phi) is 4.40. The summed E-state index contributed by atoms with van der Waals surface area (Å²) in [4.78, 5) is 30.7. The lowest BCUT2D eigenvalue weighted by Crippen LogP contribution is -2.24. The molecular formula is C19H14N2O3S2. The van der Waals surface area contributed by atoms with E-state index in [2.05, 4.69) is 0 Å². The smallest absolute Gasteiger partial charge is 0.305 e. The maximum atomic E-state index is 13.3. The Morgan fingerprint density at radius 3 is 2.62 bits per heavy atom. The van der Waals surface area contributed by atoms with Crippen molar-refractivity contribution < 1.29 is 9.90 Å². The van der Waals surface area contributed by atoms with Gasteiger partial charge in [0.1, 0.15) is 10.7 Å². The Hall–Kier alpha value is -2.77. The van der Waals surface area contributed by atoms with Gasteiger partial charge in [0.05, 0.1) is 11.8 Å². The summed E-state index contributed by atoms with van der Waals surface area (Å²) in [5, 5.41) is 13.5. The highest BCUT2D eigenvalue weighted by Crippen LogP contribution is 2.34. The summed E-state index contributed by atoms with van der Waals surface area (Å²) >= 11 is 3.00. The van der Waals surface area contributed by atoms with Crippen LogP contribution in [-0.2, 0) is 11.3 Å². The van der Waals surface area contributed by atoms with E-state index < -0.39 is 5.97 Å². The Balaban J connectivity index is 1.98. The fourth-order valence-electron chi connectivity index (χ4n) is 2.86. The van der Waals surface area contributed by atoms with Gasteiger partial charge in [0.15, 0.2) is 0 Å². The number of fused-ring (bicyclic) bond motifs is 1. The summed E-state index contributed by atoms with van der Waals surface area (Å²) in [5.41, 5.74) is 1.46. The summed E-state index contributed by atoms with van der Waals surface area (Å²) in [6.07, 6.45) is -0.134. The van der Waals surface area contributed by atoms with Gasteiger partial charge in [-0.2, -0.15) is 0 Å². The molecule has 0 amide bonds. The number of hydrogen-bond donors (Lipinski definition) is 1. The first-order valence-electron chi connectivity index (χ1n) is 7.98.